The van der Waals surface area contributed by atoms with E-state index >= 15 is 0 Å². The second-order valence-electron chi connectivity index (χ2n) is 4.95. The topological polar surface area (TPSA) is 61.4 Å². The van der Waals surface area contributed by atoms with Gasteiger partial charge in [0.05, 0.1) is 6.54 Å². The molecule has 0 spiro atoms. The van der Waals surface area contributed by atoms with E-state index in [0.717, 1.165) is 11.1 Å². The summed E-state index contributed by atoms with van der Waals surface area (Å²) in [5.41, 5.74) is 0.682. The molecule has 4 nitrogen and oxygen atoms in total. The maximum atomic E-state index is 11.7. The highest BCUT2D eigenvalue weighted by Crippen LogP contribution is 2.21. The van der Waals surface area contributed by atoms with E-state index in [2.05, 4.69) is 10.6 Å². The number of carbonyl (C=O) groups excluding carboxylic acids is 1. The van der Waals surface area contributed by atoms with Gasteiger partial charge in [0.25, 0.3) is 0 Å². The number of amides is 2. The molecular formula is C15H17ClN2O2S. The Morgan fingerprint density at radius 3 is 2.62 bits per heavy atom. The zero-order chi connectivity index (χ0) is 15.3. The third-order valence-electron chi connectivity index (χ3n) is 3.10. The molecule has 112 valence electrons. The van der Waals surface area contributed by atoms with Crippen LogP contribution in [0.1, 0.15) is 18.1 Å². The average molecular weight is 325 g/mol. The second-order valence-corrected chi connectivity index (χ2v) is 6.17. The van der Waals surface area contributed by atoms with Gasteiger partial charge in [-0.2, -0.15) is 11.3 Å². The molecule has 0 saturated heterocycles. The lowest BCUT2D eigenvalue weighted by atomic mass is 9.99. The summed E-state index contributed by atoms with van der Waals surface area (Å²) in [5.74, 6) is 0. The van der Waals surface area contributed by atoms with Gasteiger partial charge >= 0.3 is 6.03 Å². The van der Waals surface area contributed by atoms with Crippen LogP contribution in [0.3, 0.4) is 0 Å². The Bertz CT molecular complexity index is 582. The Morgan fingerprint density at radius 1 is 1.29 bits per heavy atom. The third kappa shape index (κ3) is 4.74. The van der Waals surface area contributed by atoms with Gasteiger partial charge in [0, 0.05) is 11.6 Å². The Hall–Kier alpha value is -1.56. The van der Waals surface area contributed by atoms with Crippen molar-refractivity contribution in [2.75, 3.05) is 6.54 Å². The molecule has 1 aromatic carbocycles. The van der Waals surface area contributed by atoms with Gasteiger partial charge in [0.15, 0.2) is 0 Å². The molecule has 0 bridgehead atoms. The highest BCUT2D eigenvalue weighted by molar-refractivity contribution is 7.08. The summed E-state index contributed by atoms with van der Waals surface area (Å²) in [4.78, 5) is 11.7. The minimum atomic E-state index is -1.07. The summed E-state index contributed by atoms with van der Waals surface area (Å²) in [6.45, 7) is 2.23. The molecule has 2 rings (SSSR count). The molecule has 2 amide bonds. The molecule has 0 fully saturated rings. The number of nitrogens with one attached hydrogen (secondary N) is 2. The summed E-state index contributed by atoms with van der Waals surface area (Å²) in [6, 6.07) is 8.78. The van der Waals surface area contributed by atoms with Crippen molar-refractivity contribution >= 4 is 29.0 Å². The summed E-state index contributed by atoms with van der Waals surface area (Å²) < 4.78 is 0. The molecule has 0 saturated carbocycles. The monoisotopic (exact) mass is 324 g/mol. The zero-order valence-electron chi connectivity index (χ0n) is 11.6. The van der Waals surface area contributed by atoms with Gasteiger partial charge < -0.3 is 15.7 Å². The number of thiophene rings is 1. The normalized spacial score (nSPS) is 13.5. The number of rotatable bonds is 5. The molecule has 1 heterocycles. The lowest BCUT2D eigenvalue weighted by Gasteiger charge is -2.22. The predicted octanol–water partition coefficient (Wildman–Crippen LogP) is 3.11. The molecule has 1 aromatic heterocycles. The van der Waals surface area contributed by atoms with E-state index in [0.29, 0.717) is 11.6 Å². The molecule has 0 aliphatic rings. The van der Waals surface area contributed by atoms with Gasteiger partial charge in [0.1, 0.15) is 5.60 Å². The fourth-order valence-electron chi connectivity index (χ4n) is 1.77. The molecule has 0 aliphatic heterocycles. The molecule has 0 aliphatic carbocycles. The van der Waals surface area contributed by atoms with Crippen LogP contribution < -0.4 is 10.6 Å². The Labute approximate surface area is 132 Å². The van der Waals surface area contributed by atoms with Crippen molar-refractivity contribution in [3.05, 3.63) is 57.2 Å². The maximum Gasteiger partial charge on any atom is 0.315 e. The van der Waals surface area contributed by atoms with E-state index in [1.165, 1.54) is 11.3 Å². The first-order chi connectivity index (χ1) is 9.97. The van der Waals surface area contributed by atoms with Crippen LogP contribution in [0, 0.1) is 0 Å². The van der Waals surface area contributed by atoms with E-state index in [1.807, 2.05) is 29.0 Å². The van der Waals surface area contributed by atoms with Crippen molar-refractivity contribution in [1.29, 1.82) is 0 Å². The van der Waals surface area contributed by atoms with E-state index in [4.69, 9.17) is 11.6 Å². The van der Waals surface area contributed by atoms with Gasteiger partial charge in [-0.1, -0.05) is 23.7 Å². The molecule has 0 radical (unpaired) electrons. The highest BCUT2D eigenvalue weighted by Gasteiger charge is 2.23. The molecule has 2 aromatic rings. The first-order valence-electron chi connectivity index (χ1n) is 6.48. The molecule has 1 atom stereocenters. The molecule has 21 heavy (non-hydrogen) atoms. The van der Waals surface area contributed by atoms with E-state index in [1.54, 1.807) is 19.1 Å². The summed E-state index contributed by atoms with van der Waals surface area (Å²) >= 11 is 7.31. The fraction of sp³-hybridized carbons (Fsp3) is 0.267. The van der Waals surface area contributed by atoms with Crippen molar-refractivity contribution in [1.82, 2.24) is 10.6 Å². The van der Waals surface area contributed by atoms with Crippen LogP contribution in [0.15, 0.2) is 41.1 Å². The van der Waals surface area contributed by atoms with Crippen molar-refractivity contribution < 1.29 is 9.90 Å². The van der Waals surface area contributed by atoms with Crippen LogP contribution >= 0.6 is 22.9 Å². The Morgan fingerprint density at radius 2 is 2.00 bits per heavy atom. The van der Waals surface area contributed by atoms with Crippen molar-refractivity contribution in [3.63, 3.8) is 0 Å². The number of halogens is 1. The minimum Gasteiger partial charge on any atom is -0.384 e. The SMILES string of the molecule is CC(O)(CNC(=O)NCc1ccc(Cl)cc1)c1ccsc1. The number of benzene rings is 1. The van der Waals surface area contributed by atoms with E-state index < -0.39 is 5.60 Å². The Balaban J connectivity index is 1.78. The molecule has 3 N–H and O–H groups in total. The number of hydrogen-bond donors (Lipinski definition) is 3. The highest BCUT2D eigenvalue weighted by atomic mass is 35.5. The number of hydrogen-bond acceptors (Lipinski definition) is 3. The van der Waals surface area contributed by atoms with Crippen molar-refractivity contribution in [2.24, 2.45) is 0 Å². The fourth-order valence-corrected chi connectivity index (χ4v) is 2.68. The Kier molecular flexibility index (Phi) is 5.22. The van der Waals surface area contributed by atoms with Gasteiger partial charge in [-0.3, -0.25) is 0 Å². The van der Waals surface area contributed by atoms with Gasteiger partial charge in [-0.05, 0) is 47.0 Å². The molecular weight excluding hydrogens is 308 g/mol. The van der Waals surface area contributed by atoms with Crippen LogP contribution in [0.2, 0.25) is 5.02 Å². The predicted molar refractivity (Wildman–Crippen MR) is 85.6 cm³/mol. The first kappa shape index (κ1) is 15.8. The third-order valence-corrected chi connectivity index (χ3v) is 4.04. The van der Waals surface area contributed by atoms with Crippen LogP contribution in [-0.2, 0) is 12.1 Å². The average Bonchev–Trinajstić information content (AvgIpc) is 3.00. The van der Waals surface area contributed by atoms with Crippen LogP contribution in [-0.4, -0.2) is 17.7 Å². The summed E-state index contributed by atoms with van der Waals surface area (Å²) in [7, 11) is 0. The first-order valence-corrected chi connectivity index (χ1v) is 7.81. The largest absolute Gasteiger partial charge is 0.384 e. The number of aliphatic hydroxyl groups is 1. The van der Waals surface area contributed by atoms with Gasteiger partial charge in [-0.25, -0.2) is 4.79 Å². The maximum absolute atomic E-state index is 11.7. The number of urea groups is 1. The smallest absolute Gasteiger partial charge is 0.315 e. The van der Waals surface area contributed by atoms with E-state index in [-0.39, 0.29) is 12.6 Å². The van der Waals surface area contributed by atoms with Crippen molar-refractivity contribution in [3.8, 4) is 0 Å². The molecule has 6 heteroatoms. The summed E-state index contributed by atoms with van der Waals surface area (Å²) in [5, 5.41) is 20.1. The zero-order valence-corrected chi connectivity index (χ0v) is 13.2. The lowest BCUT2D eigenvalue weighted by Crippen LogP contribution is -2.43. The second kappa shape index (κ2) is 6.93. The minimum absolute atomic E-state index is 0.149. The van der Waals surface area contributed by atoms with Crippen molar-refractivity contribution in [2.45, 2.75) is 19.1 Å². The number of carbonyl (C=O) groups is 1. The van der Waals surface area contributed by atoms with Gasteiger partial charge in [0.2, 0.25) is 0 Å². The van der Waals surface area contributed by atoms with Crippen LogP contribution in [0.5, 0.6) is 0 Å². The van der Waals surface area contributed by atoms with Gasteiger partial charge in [-0.15, -0.1) is 0 Å². The quantitative estimate of drug-likeness (QED) is 0.791. The molecule has 1 unspecified atom stereocenters. The van der Waals surface area contributed by atoms with E-state index in [9.17, 15) is 9.90 Å². The lowest BCUT2D eigenvalue weighted by molar-refractivity contribution is 0.0598. The standard InChI is InChI=1S/C15H17ClN2O2S/c1-15(20,12-6-7-21-9-12)10-18-14(19)17-8-11-2-4-13(16)5-3-11/h2-7,9,20H,8,10H2,1H3,(H2,17,18,19). The van der Waals surface area contributed by atoms with Crippen LogP contribution in [0.25, 0.3) is 0 Å². The summed E-state index contributed by atoms with van der Waals surface area (Å²) in [6.07, 6.45) is 0. The van der Waals surface area contributed by atoms with Crippen LogP contribution in [0.4, 0.5) is 4.79 Å².